The smallest absolute Gasteiger partial charge is 0.0807 e. The number of nitrogen functional groups attached to an aromatic ring is 1. The first-order valence-electron chi connectivity index (χ1n) is 4.84. The lowest BCUT2D eigenvalue weighted by atomic mass is 10.2. The van der Waals surface area contributed by atoms with Crippen LogP contribution in [0.1, 0.15) is 0 Å². The van der Waals surface area contributed by atoms with Crippen LogP contribution in [0.2, 0.25) is 5.02 Å². The summed E-state index contributed by atoms with van der Waals surface area (Å²) in [5.74, 6) is 0. The molecule has 0 spiro atoms. The van der Waals surface area contributed by atoms with Gasteiger partial charge in [0.05, 0.1) is 22.1 Å². The molecule has 0 bridgehead atoms. The minimum atomic E-state index is 0.607. The maximum atomic E-state index is 6.10. The maximum Gasteiger partial charge on any atom is 0.0807 e. The van der Waals surface area contributed by atoms with Crippen LogP contribution in [0.4, 0.5) is 17.1 Å². The average molecular weight is 423 g/mol. The van der Waals surface area contributed by atoms with E-state index in [9.17, 15) is 0 Å². The number of rotatable bonds is 2. The third-order valence-electron chi connectivity index (χ3n) is 2.24. The second-order valence-electron chi connectivity index (χ2n) is 3.45. The van der Waals surface area contributed by atoms with E-state index in [0.717, 1.165) is 19.4 Å². The lowest BCUT2D eigenvalue weighted by molar-refractivity contribution is 1.50. The third-order valence-corrected chi connectivity index (χ3v) is 3.88. The fourth-order valence-electron chi connectivity index (χ4n) is 1.40. The molecule has 0 aliphatic carbocycles. The number of hydrogen-bond donors (Lipinski definition) is 2. The Bertz CT molecular complexity index is 540. The molecule has 5 heteroatoms. The Morgan fingerprint density at radius 2 is 2.00 bits per heavy atom. The van der Waals surface area contributed by atoms with Gasteiger partial charge in [-0.3, -0.25) is 0 Å². The average Bonchev–Trinajstić information content (AvgIpc) is 2.26. The Kier molecular flexibility index (Phi) is 4.17. The molecule has 88 valence electrons. The monoisotopic (exact) mass is 422 g/mol. The zero-order valence-electron chi connectivity index (χ0n) is 8.68. The molecular weight excluding hydrogens is 414 g/mol. The van der Waals surface area contributed by atoms with Crippen LogP contribution in [-0.2, 0) is 0 Å². The standard InChI is InChI=1S/C12H9BrClIN2/c13-8-6-7(15)4-5-11(8)17-12-9(14)2-1-3-10(12)16/h1-6,17H,16H2. The molecule has 0 aliphatic rings. The zero-order chi connectivity index (χ0) is 12.4. The summed E-state index contributed by atoms with van der Waals surface area (Å²) in [4.78, 5) is 0. The zero-order valence-corrected chi connectivity index (χ0v) is 13.2. The third kappa shape index (κ3) is 3.05. The van der Waals surface area contributed by atoms with Crippen LogP contribution in [-0.4, -0.2) is 0 Å². The van der Waals surface area contributed by atoms with Gasteiger partial charge in [-0.15, -0.1) is 0 Å². The fourth-order valence-corrected chi connectivity index (χ4v) is 3.02. The molecule has 0 unspecified atom stereocenters. The van der Waals surface area contributed by atoms with Crippen molar-refractivity contribution in [2.45, 2.75) is 0 Å². The first-order chi connectivity index (χ1) is 8.08. The predicted molar refractivity (Wildman–Crippen MR) is 86.0 cm³/mol. The van der Waals surface area contributed by atoms with Crippen molar-refractivity contribution in [3.05, 3.63) is 49.5 Å². The molecule has 0 aliphatic heterocycles. The largest absolute Gasteiger partial charge is 0.397 e. The van der Waals surface area contributed by atoms with Crippen LogP contribution >= 0.6 is 50.1 Å². The van der Waals surface area contributed by atoms with E-state index in [2.05, 4.69) is 43.8 Å². The lowest BCUT2D eigenvalue weighted by Gasteiger charge is -2.12. The molecule has 0 fully saturated rings. The molecule has 0 radical (unpaired) electrons. The van der Waals surface area contributed by atoms with Gasteiger partial charge >= 0.3 is 0 Å². The van der Waals surface area contributed by atoms with Gasteiger partial charge in [0, 0.05) is 8.04 Å². The lowest BCUT2D eigenvalue weighted by Crippen LogP contribution is -1.97. The number of para-hydroxylation sites is 1. The predicted octanol–water partition coefficient (Wildman–Crippen LogP) is 5.03. The van der Waals surface area contributed by atoms with E-state index in [1.165, 1.54) is 0 Å². The quantitative estimate of drug-likeness (QED) is 0.525. The van der Waals surface area contributed by atoms with Gasteiger partial charge in [-0.2, -0.15) is 0 Å². The van der Waals surface area contributed by atoms with E-state index in [-0.39, 0.29) is 0 Å². The second kappa shape index (κ2) is 5.46. The maximum absolute atomic E-state index is 6.10. The fraction of sp³-hybridized carbons (Fsp3) is 0. The molecule has 0 aromatic heterocycles. The summed E-state index contributed by atoms with van der Waals surface area (Å²) < 4.78 is 2.14. The second-order valence-corrected chi connectivity index (χ2v) is 5.96. The van der Waals surface area contributed by atoms with E-state index in [1.54, 1.807) is 6.07 Å². The van der Waals surface area contributed by atoms with Crippen molar-refractivity contribution in [2.75, 3.05) is 11.1 Å². The molecule has 0 saturated carbocycles. The molecule has 0 heterocycles. The Balaban J connectivity index is 2.38. The Morgan fingerprint density at radius 1 is 1.24 bits per heavy atom. The molecule has 2 nitrogen and oxygen atoms in total. The van der Waals surface area contributed by atoms with Gasteiger partial charge in [-0.1, -0.05) is 17.7 Å². The van der Waals surface area contributed by atoms with Crippen molar-refractivity contribution >= 4 is 67.2 Å². The van der Waals surface area contributed by atoms with Crippen LogP contribution in [0, 0.1) is 3.57 Å². The summed E-state index contributed by atoms with van der Waals surface area (Å²) in [5.41, 5.74) is 8.18. The Labute approximate surface area is 127 Å². The van der Waals surface area contributed by atoms with Crippen molar-refractivity contribution in [3.8, 4) is 0 Å². The summed E-state index contributed by atoms with van der Waals surface area (Å²) in [6, 6.07) is 11.5. The molecule has 0 saturated heterocycles. The summed E-state index contributed by atoms with van der Waals surface area (Å²) in [6.45, 7) is 0. The Morgan fingerprint density at radius 3 is 2.65 bits per heavy atom. The number of nitrogens with two attached hydrogens (primary N) is 1. The van der Waals surface area contributed by atoms with Gasteiger partial charge in [-0.05, 0) is 68.9 Å². The minimum absolute atomic E-state index is 0.607. The number of hydrogen-bond acceptors (Lipinski definition) is 2. The van der Waals surface area contributed by atoms with Gasteiger partial charge in [-0.25, -0.2) is 0 Å². The minimum Gasteiger partial charge on any atom is -0.397 e. The van der Waals surface area contributed by atoms with Crippen molar-refractivity contribution in [2.24, 2.45) is 0 Å². The Hall–Kier alpha value is -0.460. The highest BCUT2D eigenvalue weighted by Gasteiger charge is 2.07. The van der Waals surface area contributed by atoms with Crippen LogP contribution in [0.5, 0.6) is 0 Å². The van der Waals surface area contributed by atoms with Crippen molar-refractivity contribution in [1.29, 1.82) is 0 Å². The van der Waals surface area contributed by atoms with E-state index in [1.807, 2.05) is 30.3 Å². The van der Waals surface area contributed by atoms with Crippen molar-refractivity contribution in [3.63, 3.8) is 0 Å². The van der Waals surface area contributed by atoms with Crippen LogP contribution in [0.3, 0.4) is 0 Å². The molecule has 0 amide bonds. The molecule has 2 rings (SSSR count). The molecule has 3 N–H and O–H groups in total. The summed E-state index contributed by atoms with van der Waals surface area (Å²) in [5, 5.41) is 3.84. The summed E-state index contributed by atoms with van der Waals surface area (Å²) in [7, 11) is 0. The van der Waals surface area contributed by atoms with Gasteiger partial charge in [0.25, 0.3) is 0 Å². The van der Waals surface area contributed by atoms with E-state index in [4.69, 9.17) is 17.3 Å². The van der Waals surface area contributed by atoms with Crippen molar-refractivity contribution in [1.82, 2.24) is 0 Å². The van der Waals surface area contributed by atoms with Crippen LogP contribution in [0.25, 0.3) is 0 Å². The molecule has 2 aromatic carbocycles. The molecule has 2 aromatic rings. The van der Waals surface area contributed by atoms with Gasteiger partial charge in [0.2, 0.25) is 0 Å². The van der Waals surface area contributed by atoms with Gasteiger partial charge < -0.3 is 11.1 Å². The van der Waals surface area contributed by atoms with Crippen molar-refractivity contribution < 1.29 is 0 Å². The number of benzene rings is 2. The van der Waals surface area contributed by atoms with E-state index in [0.29, 0.717) is 10.7 Å². The summed E-state index contributed by atoms with van der Waals surface area (Å²) >= 11 is 11.9. The highest BCUT2D eigenvalue weighted by molar-refractivity contribution is 14.1. The molecule has 0 atom stereocenters. The first kappa shape index (κ1) is 13.0. The topological polar surface area (TPSA) is 38.0 Å². The van der Waals surface area contributed by atoms with Crippen LogP contribution < -0.4 is 11.1 Å². The highest BCUT2D eigenvalue weighted by atomic mass is 127. The molecule has 17 heavy (non-hydrogen) atoms. The van der Waals surface area contributed by atoms with Crippen LogP contribution in [0.15, 0.2) is 40.9 Å². The first-order valence-corrected chi connectivity index (χ1v) is 7.09. The van der Waals surface area contributed by atoms with E-state index < -0.39 is 0 Å². The number of nitrogens with one attached hydrogen (secondary N) is 1. The highest BCUT2D eigenvalue weighted by Crippen LogP contribution is 2.34. The number of halogens is 3. The normalized spacial score (nSPS) is 10.3. The van der Waals surface area contributed by atoms with Gasteiger partial charge in [0.15, 0.2) is 0 Å². The number of anilines is 3. The summed E-state index contributed by atoms with van der Waals surface area (Å²) in [6.07, 6.45) is 0. The van der Waals surface area contributed by atoms with Gasteiger partial charge in [0.1, 0.15) is 0 Å². The molecular formula is C12H9BrClIN2. The SMILES string of the molecule is Nc1cccc(Cl)c1Nc1ccc(I)cc1Br. The van der Waals surface area contributed by atoms with E-state index >= 15 is 0 Å².